The Bertz CT molecular complexity index is 485. The van der Waals surface area contributed by atoms with Crippen molar-refractivity contribution in [3.05, 3.63) is 53.7 Å². The van der Waals surface area contributed by atoms with Crippen molar-refractivity contribution in [2.24, 2.45) is 5.84 Å². The molecule has 0 aliphatic rings. The summed E-state index contributed by atoms with van der Waals surface area (Å²) in [5, 5.41) is 0. The van der Waals surface area contributed by atoms with Crippen LogP contribution in [0.5, 0.6) is 5.75 Å². The van der Waals surface area contributed by atoms with Gasteiger partial charge in [-0.3, -0.25) is 5.84 Å². The SMILES string of the molecule is COc1cccc(F)c1C(NN)c1ccco1. The Morgan fingerprint density at radius 2 is 2.18 bits per heavy atom. The first-order valence-corrected chi connectivity index (χ1v) is 5.10. The van der Waals surface area contributed by atoms with Gasteiger partial charge in [0.15, 0.2) is 0 Å². The van der Waals surface area contributed by atoms with Crippen LogP contribution >= 0.6 is 0 Å². The number of nitrogens with two attached hydrogens (primary N) is 1. The minimum Gasteiger partial charge on any atom is -0.496 e. The molecule has 1 aromatic heterocycles. The van der Waals surface area contributed by atoms with E-state index in [1.54, 1.807) is 24.3 Å². The van der Waals surface area contributed by atoms with Gasteiger partial charge in [0.1, 0.15) is 23.4 Å². The van der Waals surface area contributed by atoms with Crippen molar-refractivity contribution in [1.29, 1.82) is 0 Å². The molecule has 0 amide bonds. The smallest absolute Gasteiger partial charge is 0.132 e. The Kier molecular flexibility index (Phi) is 3.41. The molecule has 90 valence electrons. The van der Waals surface area contributed by atoms with Crippen molar-refractivity contribution in [2.45, 2.75) is 6.04 Å². The Morgan fingerprint density at radius 3 is 2.76 bits per heavy atom. The lowest BCUT2D eigenvalue weighted by molar-refractivity contribution is 0.384. The number of ether oxygens (including phenoxy) is 1. The van der Waals surface area contributed by atoms with E-state index in [9.17, 15) is 4.39 Å². The van der Waals surface area contributed by atoms with Crippen LogP contribution in [0.15, 0.2) is 41.0 Å². The molecule has 2 rings (SSSR count). The van der Waals surface area contributed by atoms with Gasteiger partial charge in [0.05, 0.1) is 18.9 Å². The molecule has 0 radical (unpaired) electrons. The van der Waals surface area contributed by atoms with Crippen molar-refractivity contribution in [1.82, 2.24) is 5.43 Å². The molecule has 1 unspecified atom stereocenters. The summed E-state index contributed by atoms with van der Waals surface area (Å²) >= 11 is 0. The molecule has 3 N–H and O–H groups in total. The molecule has 0 saturated carbocycles. The zero-order chi connectivity index (χ0) is 12.3. The third-order valence-corrected chi connectivity index (χ3v) is 2.52. The van der Waals surface area contributed by atoms with Crippen molar-refractivity contribution in [3.8, 4) is 5.75 Å². The van der Waals surface area contributed by atoms with Gasteiger partial charge in [0, 0.05) is 0 Å². The van der Waals surface area contributed by atoms with E-state index >= 15 is 0 Å². The third kappa shape index (κ3) is 2.15. The number of benzene rings is 1. The molecular weight excluding hydrogens is 223 g/mol. The lowest BCUT2D eigenvalue weighted by Gasteiger charge is -2.17. The average molecular weight is 236 g/mol. The van der Waals surface area contributed by atoms with Crippen LogP contribution in [-0.2, 0) is 0 Å². The molecule has 1 aromatic carbocycles. The number of hydrogen-bond donors (Lipinski definition) is 2. The van der Waals surface area contributed by atoms with E-state index in [0.717, 1.165) is 0 Å². The van der Waals surface area contributed by atoms with E-state index in [1.165, 1.54) is 19.4 Å². The number of hydrogen-bond acceptors (Lipinski definition) is 4. The molecule has 1 heterocycles. The first kappa shape index (κ1) is 11.6. The van der Waals surface area contributed by atoms with Crippen LogP contribution in [-0.4, -0.2) is 7.11 Å². The highest BCUT2D eigenvalue weighted by Gasteiger charge is 2.23. The monoisotopic (exact) mass is 236 g/mol. The molecule has 4 nitrogen and oxygen atoms in total. The van der Waals surface area contributed by atoms with Gasteiger partial charge in [-0.15, -0.1) is 0 Å². The van der Waals surface area contributed by atoms with Crippen LogP contribution < -0.4 is 16.0 Å². The minimum absolute atomic E-state index is 0.326. The minimum atomic E-state index is -0.582. The molecule has 0 aliphatic heterocycles. The van der Waals surface area contributed by atoms with Crippen LogP contribution in [0.25, 0.3) is 0 Å². The largest absolute Gasteiger partial charge is 0.496 e. The average Bonchev–Trinajstić information content (AvgIpc) is 2.86. The van der Waals surface area contributed by atoms with Crippen LogP contribution in [0.2, 0.25) is 0 Å². The fourth-order valence-electron chi connectivity index (χ4n) is 1.74. The summed E-state index contributed by atoms with van der Waals surface area (Å²) in [5.41, 5.74) is 2.85. The number of methoxy groups -OCH3 is 1. The predicted molar refractivity (Wildman–Crippen MR) is 60.8 cm³/mol. The first-order valence-electron chi connectivity index (χ1n) is 5.10. The van der Waals surface area contributed by atoms with Gasteiger partial charge in [-0.05, 0) is 24.3 Å². The highest BCUT2D eigenvalue weighted by Crippen LogP contribution is 2.31. The summed E-state index contributed by atoms with van der Waals surface area (Å²) in [7, 11) is 1.48. The van der Waals surface area contributed by atoms with Gasteiger partial charge < -0.3 is 9.15 Å². The Hall–Kier alpha value is -1.85. The van der Waals surface area contributed by atoms with Gasteiger partial charge in [0.2, 0.25) is 0 Å². The maximum atomic E-state index is 13.8. The molecular formula is C12H13FN2O2. The van der Waals surface area contributed by atoms with E-state index < -0.39 is 11.9 Å². The zero-order valence-corrected chi connectivity index (χ0v) is 9.31. The highest BCUT2D eigenvalue weighted by molar-refractivity contribution is 5.40. The number of halogens is 1. The number of furan rings is 1. The Morgan fingerprint density at radius 1 is 1.35 bits per heavy atom. The van der Waals surface area contributed by atoms with Crippen molar-refractivity contribution >= 4 is 0 Å². The fourth-order valence-corrected chi connectivity index (χ4v) is 1.74. The quantitative estimate of drug-likeness (QED) is 0.629. The highest BCUT2D eigenvalue weighted by atomic mass is 19.1. The lowest BCUT2D eigenvalue weighted by Crippen LogP contribution is -2.29. The normalized spacial score (nSPS) is 12.4. The first-order chi connectivity index (χ1) is 8.27. The Balaban J connectivity index is 2.50. The summed E-state index contributed by atoms with van der Waals surface area (Å²) in [4.78, 5) is 0. The molecule has 0 saturated heterocycles. The molecule has 0 spiro atoms. The van der Waals surface area contributed by atoms with Gasteiger partial charge in [-0.1, -0.05) is 6.07 Å². The lowest BCUT2D eigenvalue weighted by atomic mass is 10.0. The van der Waals surface area contributed by atoms with E-state index in [2.05, 4.69) is 5.43 Å². The number of nitrogens with one attached hydrogen (secondary N) is 1. The van der Waals surface area contributed by atoms with Gasteiger partial charge in [-0.2, -0.15) is 0 Å². The van der Waals surface area contributed by atoms with Crippen molar-refractivity contribution in [2.75, 3.05) is 7.11 Å². The van der Waals surface area contributed by atoms with Crippen molar-refractivity contribution in [3.63, 3.8) is 0 Å². The van der Waals surface area contributed by atoms with Gasteiger partial charge in [0.25, 0.3) is 0 Å². The second kappa shape index (κ2) is 4.99. The van der Waals surface area contributed by atoms with E-state index in [-0.39, 0.29) is 0 Å². The summed E-state index contributed by atoms with van der Waals surface area (Å²) < 4.78 is 24.2. The molecule has 0 aliphatic carbocycles. The van der Waals surface area contributed by atoms with E-state index in [4.69, 9.17) is 15.0 Å². The summed E-state index contributed by atoms with van der Waals surface area (Å²) in [6.07, 6.45) is 1.51. The van der Waals surface area contributed by atoms with Gasteiger partial charge in [-0.25, -0.2) is 9.82 Å². The molecule has 5 heteroatoms. The van der Waals surface area contributed by atoms with E-state index in [1.807, 2.05) is 0 Å². The molecule has 17 heavy (non-hydrogen) atoms. The van der Waals surface area contributed by atoms with Crippen LogP contribution in [0, 0.1) is 5.82 Å². The van der Waals surface area contributed by atoms with Crippen LogP contribution in [0.3, 0.4) is 0 Å². The third-order valence-electron chi connectivity index (χ3n) is 2.52. The van der Waals surface area contributed by atoms with Gasteiger partial charge >= 0.3 is 0 Å². The van der Waals surface area contributed by atoms with Crippen molar-refractivity contribution < 1.29 is 13.5 Å². The maximum absolute atomic E-state index is 13.8. The van der Waals surface area contributed by atoms with E-state index in [0.29, 0.717) is 17.1 Å². The molecule has 2 aromatic rings. The Labute approximate surface area is 98.2 Å². The topological polar surface area (TPSA) is 60.4 Å². The standard InChI is InChI=1S/C12H13FN2O2/c1-16-9-5-2-4-8(13)11(9)12(15-14)10-6-3-7-17-10/h2-7,12,15H,14H2,1H3. The molecule has 0 bridgehead atoms. The molecule has 0 fully saturated rings. The zero-order valence-electron chi connectivity index (χ0n) is 9.31. The summed E-state index contributed by atoms with van der Waals surface area (Å²) in [6, 6.07) is 7.45. The summed E-state index contributed by atoms with van der Waals surface area (Å²) in [6.45, 7) is 0. The fraction of sp³-hybridized carbons (Fsp3) is 0.167. The predicted octanol–water partition coefficient (Wildman–Crippen LogP) is 1.98. The second-order valence-electron chi connectivity index (χ2n) is 3.47. The number of rotatable bonds is 4. The van der Waals surface area contributed by atoms with Crippen LogP contribution in [0.4, 0.5) is 4.39 Å². The maximum Gasteiger partial charge on any atom is 0.132 e. The van der Waals surface area contributed by atoms with Crippen LogP contribution in [0.1, 0.15) is 17.4 Å². The number of hydrazine groups is 1. The summed E-state index contributed by atoms with van der Waals surface area (Å²) in [5.74, 6) is 6.00. The second-order valence-corrected chi connectivity index (χ2v) is 3.47. The molecule has 1 atom stereocenters.